The molecule has 0 saturated heterocycles. The summed E-state index contributed by atoms with van der Waals surface area (Å²) < 4.78 is 0. The molecule has 0 spiro atoms. The molecule has 1 aromatic carbocycles. The van der Waals surface area contributed by atoms with Crippen molar-refractivity contribution >= 4 is 28.1 Å². The maximum atomic E-state index is 13.3. The number of fused-ring (bicyclic) bond motifs is 1. The number of benzene rings is 1. The minimum Gasteiger partial charge on any atom is -0.351 e. The number of H-pyrrole nitrogens is 1. The Hall–Kier alpha value is -2.25. The highest BCUT2D eigenvalue weighted by molar-refractivity contribution is 7.11. The molecule has 0 radical (unpaired) electrons. The molecule has 2 heterocycles. The lowest BCUT2D eigenvalue weighted by molar-refractivity contribution is 0.0623. The van der Waals surface area contributed by atoms with Crippen LogP contribution in [0.25, 0.3) is 10.9 Å². The van der Waals surface area contributed by atoms with Crippen LogP contribution in [0.2, 0.25) is 0 Å². The van der Waals surface area contributed by atoms with Gasteiger partial charge in [0.15, 0.2) is 0 Å². The van der Waals surface area contributed by atoms with Gasteiger partial charge >= 0.3 is 0 Å². The molecule has 30 heavy (non-hydrogen) atoms. The summed E-state index contributed by atoms with van der Waals surface area (Å²) in [6.45, 7) is 3.59. The molecule has 0 aliphatic heterocycles. The van der Waals surface area contributed by atoms with E-state index < -0.39 is 0 Å². The molecule has 158 valence electrons. The standard InChI is InChI=1S/C23H29N5OS/c1-2-28(23(29)20-12-16-6-3-4-9-19(16)25-20)18-8-5-7-17(13-18)24-14-21-26-27-22(30-21)15-10-11-15/h3-4,6,9,12,15,17-18,24-25H,2,5,7-8,10-11,13-14H2,1H3/t17-,18+/m1/s1. The first-order chi connectivity index (χ1) is 14.7. The van der Waals surface area contributed by atoms with E-state index in [0.29, 0.717) is 17.7 Å². The van der Waals surface area contributed by atoms with Crippen molar-refractivity contribution in [1.82, 2.24) is 25.4 Å². The van der Waals surface area contributed by atoms with E-state index in [9.17, 15) is 4.79 Å². The Balaban J connectivity index is 1.22. The smallest absolute Gasteiger partial charge is 0.270 e. The molecule has 2 fully saturated rings. The van der Waals surface area contributed by atoms with Crippen LogP contribution in [0.15, 0.2) is 30.3 Å². The van der Waals surface area contributed by atoms with Gasteiger partial charge in [0, 0.05) is 42.0 Å². The Morgan fingerprint density at radius 1 is 1.23 bits per heavy atom. The molecular weight excluding hydrogens is 394 g/mol. The number of hydrogen-bond acceptors (Lipinski definition) is 5. The van der Waals surface area contributed by atoms with Gasteiger partial charge in [-0.25, -0.2) is 0 Å². The molecular formula is C23H29N5OS. The Morgan fingerprint density at radius 2 is 2.10 bits per heavy atom. The number of aromatic nitrogens is 3. The average Bonchev–Trinajstić information content (AvgIpc) is 3.35. The molecule has 2 aromatic heterocycles. The van der Waals surface area contributed by atoms with Crippen molar-refractivity contribution in [3.8, 4) is 0 Å². The number of carbonyl (C=O) groups excluding carboxylic acids is 1. The predicted molar refractivity (Wildman–Crippen MR) is 120 cm³/mol. The fraction of sp³-hybridized carbons (Fsp3) is 0.522. The summed E-state index contributed by atoms with van der Waals surface area (Å²) in [6.07, 6.45) is 6.90. The Labute approximate surface area is 181 Å². The normalized spacial score (nSPS) is 21.8. The molecule has 2 aliphatic rings. The Bertz CT molecular complexity index is 990. The van der Waals surface area contributed by atoms with Gasteiger partial charge in [0.05, 0.1) is 0 Å². The van der Waals surface area contributed by atoms with E-state index in [4.69, 9.17) is 0 Å². The Kier molecular flexibility index (Phi) is 5.56. The maximum absolute atomic E-state index is 13.3. The third-order valence-electron chi connectivity index (χ3n) is 6.40. The highest BCUT2D eigenvalue weighted by Gasteiger charge is 2.30. The summed E-state index contributed by atoms with van der Waals surface area (Å²) in [5.41, 5.74) is 1.71. The number of hydrogen-bond donors (Lipinski definition) is 2. The third kappa shape index (κ3) is 4.14. The van der Waals surface area contributed by atoms with Crippen LogP contribution < -0.4 is 5.32 Å². The number of aromatic amines is 1. The number of rotatable bonds is 7. The predicted octanol–water partition coefficient (Wildman–Crippen LogP) is 4.46. The zero-order valence-corrected chi connectivity index (χ0v) is 18.3. The topological polar surface area (TPSA) is 73.9 Å². The molecule has 2 N–H and O–H groups in total. The maximum Gasteiger partial charge on any atom is 0.270 e. The number of nitrogens with one attached hydrogen (secondary N) is 2. The van der Waals surface area contributed by atoms with Crippen LogP contribution in [-0.4, -0.2) is 44.6 Å². The van der Waals surface area contributed by atoms with Crippen molar-refractivity contribution in [3.05, 3.63) is 46.0 Å². The summed E-state index contributed by atoms with van der Waals surface area (Å²) in [6, 6.07) is 10.7. The van der Waals surface area contributed by atoms with Crippen LogP contribution in [-0.2, 0) is 6.54 Å². The van der Waals surface area contributed by atoms with Crippen molar-refractivity contribution < 1.29 is 4.79 Å². The van der Waals surface area contributed by atoms with Crippen LogP contribution >= 0.6 is 11.3 Å². The molecule has 2 aliphatic carbocycles. The second-order valence-corrected chi connectivity index (χ2v) is 9.66. The van der Waals surface area contributed by atoms with Crippen molar-refractivity contribution in [2.24, 2.45) is 0 Å². The molecule has 6 nitrogen and oxygen atoms in total. The molecule has 2 saturated carbocycles. The van der Waals surface area contributed by atoms with Gasteiger partial charge in [-0.2, -0.15) is 0 Å². The van der Waals surface area contributed by atoms with Gasteiger partial charge in [-0.3, -0.25) is 4.79 Å². The van der Waals surface area contributed by atoms with Gasteiger partial charge in [-0.05, 0) is 57.6 Å². The molecule has 3 aromatic rings. The fourth-order valence-electron chi connectivity index (χ4n) is 4.61. The first kappa shape index (κ1) is 19.7. The van der Waals surface area contributed by atoms with E-state index >= 15 is 0 Å². The lowest BCUT2D eigenvalue weighted by atomic mass is 9.89. The van der Waals surface area contributed by atoms with Crippen molar-refractivity contribution in [1.29, 1.82) is 0 Å². The van der Waals surface area contributed by atoms with Gasteiger partial charge in [0.25, 0.3) is 5.91 Å². The highest BCUT2D eigenvalue weighted by atomic mass is 32.1. The molecule has 1 amide bonds. The summed E-state index contributed by atoms with van der Waals surface area (Å²) >= 11 is 1.75. The summed E-state index contributed by atoms with van der Waals surface area (Å²) in [5.74, 6) is 0.779. The van der Waals surface area contributed by atoms with Crippen LogP contribution in [0.1, 0.15) is 71.9 Å². The van der Waals surface area contributed by atoms with E-state index in [1.54, 1.807) is 11.3 Å². The van der Waals surface area contributed by atoms with Gasteiger partial charge in [0.2, 0.25) is 0 Å². The van der Waals surface area contributed by atoms with Crippen molar-refractivity contribution in [2.75, 3.05) is 6.54 Å². The zero-order valence-electron chi connectivity index (χ0n) is 17.4. The van der Waals surface area contributed by atoms with Gasteiger partial charge in [0.1, 0.15) is 15.7 Å². The number of carbonyl (C=O) groups is 1. The van der Waals surface area contributed by atoms with E-state index in [-0.39, 0.29) is 11.9 Å². The van der Waals surface area contributed by atoms with Crippen molar-refractivity contribution in [2.45, 2.75) is 70.0 Å². The minimum atomic E-state index is 0.109. The molecule has 0 unspecified atom stereocenters. The fourth-order valence-corrected chi connectivity index (χ4v) is 5.57. The second kappa shape index (κ2) is 8.47. The van der Waals surface area contributed by atoms with Crippen LogP contribution in [0, 0.1) is 0 Å². The quantitative estimate of drug-likeness (QED) is 0.588. The van der Waals surface area contributed by atoms with Crippen molar-refractivity contribution in [3.63, 3.8) is 0 Å². The first-order valence-electron chi connectivity index (χ1n) is 11.2. The molecule has 0 bridgehead atoms. The summed E-state index contributed by atoms with van der Waals surface area (Å²) in [7, 11) is 0. The van der Waals surface area contributed by atoms with Crippen LogP contribution in [0.5, 0.6) is 0 Å². The third-order valence-corrected chi connectivity index (χ3v) is 7.49. The van der Waals surface area contributed by atoms with Gasteiger partial charge in [-0.15, -0.1) is 10.2 Å². The monoisotopic (exact) mass is 423 g/mol. The lowest BCUT2D eigenvalue weighted by Gasteiger charge is -2.37. The van der Waals surface area contributed by atoms with E-state index in [1.807, 2.05) is 30.3 Å². The lowest BCUT2D eigenvalue weighted by Crippen LogP contribution is -2.46. The number of amides is 1. The minimum absolute atomic E-state index is 0.109. The molecule has 2 atom stereocenters. The average molecular weight is 424 g/mol. The number of para-hydroxylation sites is 1. The second-order valence-electron chi connectivity index (χ2n) is 8.57. The van der Waals surface area contributed by atoms with Gasteiger partial charge < -0.3 is 15.2 Å². The van der Waals surface area contributed by atoms with E-state index in [1.165, 1.54) is 17.8 Å². The first-order valence-corrected chi connectivity index (χ1v) is 12.0. The van der Waals surface area contributed by atoms with Crippen LogP contribution in [0.4, 0.5) is 0 Å². The largest absolute Gasteiger partial charge is 0.351 e. The summed E-state index contributed by atoms with van der Waals surface area (Å²) in [4.78, 5) is 18.6. The highest BCUT2D eigenvalue weighted by Crippen LogP contribution is 2.41. The van der Waals surface area contributed by atoms with Gasteiger partial charge in [-0.1, -0.05) is 29.5 Å². The SMILES string of the molecule is CCN(C(=O)c1cc2ccccc2[nH]1)[C@H]1CCC[C@@H](NCc2nnc(C3CC3)s2)C1. The zero-order chi connectivity index (χ0) is 20.5. The summed E-state index contributed by atoms with van der Waals surface area (Å²) in [5, 5.41) is 15.8. The van der Waals surface area contributed by atoms with E-state index in [0.717, 1.165) is 54.7 Å². The molecule has 7 heteroatoms. The molecule has 5 rings (SSSR count). The van der Waals surface area contributed by atoms with Crippen LogP contribution in [0.3, 0.4) is 0 Å². The Morgan fingerprint density at radius 3 is 2.90 bits per heavy atom. The van der Waals surface area contributed by atoms with E-state index in [2.05, 4.69) is 32.3 Å². The number of nitrogens with zero attached hydrogens (tertiary/aromatic N) is 3.